The summed E-state index contributed by atoms with van der Waals surface area (Å²) in [6.45, 7) is 3.27. The highest BCUT2D eigenvalue weighted by atomic mass is 32.2. The van der Waals surface area contributed by atoms with Gasteiger partial charge in [-0.25, -0.2) is 12.8 Å². The molecule has 7 nitrogen and oxygen atoms in total. The topological polar surface area (TPSA) is 86.8 Å². The van der Waals surface area contributed by atoms with Crippen molar-refractivity contribution in [1.82, 2.24) is 10.2 Å². The largest absolute Gasteiger partial charge is 0.352 e. The molecule has 3 rings (SSSR count). The molecule has 2 aromatic rings. The summed E-state index contributed by atoms with van der Waals surface area (Å²) in [6, 6.07) is 11.8. The third-order valence-corrected chi connectivity index (χ3v) is 7.53. The molecular weight excluding hydrogens is 469 g/mol. The van der Waals surface area contributed by atoms with E-state index >= 15 is 0 Å². The van der Waals surface area contributed by atoms with E-state index in [0.29, 0.717) is 0 Å². The molecule has 2 aromatic carbocycles. The van der Waals surface area contributed by atoms with Gasteiger partial charge in [-0.2, -0.15) is 0 Å². The minimum Gasteiger partial charge on any atom is -0.352 e. The van der Waals surface area contributed by atoms with Crippen molar-refractivity contribution in [2.45, 2.75) is 64.6 Å². The predicted octanol–water partition coefficient (Wildman–Crippen LogP) is 3.77. The lowest BCUT2D eigenvalue weighted by molar-refractivity contribution is -0.139. The maximum atomic E-state index is 13.5. The summed E-state index contributed by atoms with van der Waals surface area (Å²) in [4.78, 5) is 28.0. The van der Waals surface area contributed by atoms with Crippen LogP contribution in [0.3, 0.4) is 0 Å². The zero-order valence-corrected chi connectivity index (χ0v) is 21.4. The Bertz CT molecular complexity index is 1110. The number of sulfonamides is 1. The van der Waals surface area contributed by atoms with E-state index in [1.807, 2.05) is 31.2 Å². The molecule has 1 fully saturated rings. The average molecular weight is 504 g/mol. The zero-order valence-electron chi connectivity index (χ0n) is 20.5. The van der Waals surface area contributed by atoms with Crippen LogP contribution in [0.15, 0.2) is 48.5 Å². The Balaban J connectivity index is 1.85. The van der Waals surface area contributed by atoms with Gasteiger partial charge in [-0.1, -0.05) is 49.1 Å². The summed E-state index contributed by atoms with van der Waals surface area (Å²) in [6.07, 6.45) is 6.10. The highest BCUT2D eigenvalue weighted by molar-refractivity contribution is 7.92. The molecule has 0 bridgehead atoms. The summed E-state index contributed by atoms with van der Waals surface area (Å²) in [7, 11) is -3.84. The Labute approximate surface area is 207 Å². The van der Waals surface area contributed by atoms with E-state index in [0.717, 1.165) is 65.9 Å². The van der Waals surface area contributed by atoms with Gasteiger partial charge in [0.25, 0.3) is 0 Å². The minimum atomic E-state index is -3.84. The fourth-order valence-corrected chi connectivity index (χ4v) is 5.11. The molecule has 1 N–H and O–H groups in total. The summed E-state index contributed by atoms with van der Waals surface area (Å²) >= 11 is 0. The van der Waals surface area contributed by atoms with Crippen LogP contribution in [-0.2, 0) is 26.2 Å². The molecule has 9 heteroatoms. The van der Waals surface area contributed by atoms with Crippen LogP contribution in [-0.4, -0.2) is 50.0 Å². The normalized spacial score (nSPS) is 15.3. The number of hydrogen-bond acceptors (Lipinski definition) is 4. The number of nitrogens with one attached hydrogen (secondary N) is 1. The van der Waals surface area contributed by atoms with Gasteiger partial charge in [0, 0.05) is 12.6 Å². The number of rotatable bonds is 9. The number of nitrogens with zero attached hydrogens (tertiary/aromatic N) is 2. The maximum Gasteiger partial charge on any atom is 0.244 e. The molecule has 0 aliphatic heterocycles. The number of hydrogen-bond donors (Lipinski definition) is 1. The van der Waals surface area contributed by atoms with Crippen LogP contribution in [0.25, 0.3) is 0 Å². The zero-order chi connectivity index (χ0) is 25.6. The number of amides is 2. The number of aryl methyl sites for hydroxylation is 1. The van der Waals surface area contributed by atoms with E-state index < -0.39 is 34.3 Å². The molecule has 0 spiro atoms. The molecular formula is C26H34FN3O4S. The predicted molar refractivity (Wildman–Crippen MR) is 135 cm³/mol. The molecule has 0 radical (unpaired) electrons. The number of anilines is 1. The standard InChI is InChI=1S/C26H34FN3O4S/c1-19-9-11-21(12-10-19)17-29(20(2)26(32)28-23-7-5-4-6-8-23)25(31)18-30(35(3,33)34)24-15-13-22(27)14-16-24/h9-16,20,23H,4-8,17-18H2,1-3H3,(H,28,32). The first kappa shape index (κ1) is 26.7. The smallest absolute Gasteiger partial charge is 0.244 e. The second-order valence-electron chi connectivity index (χ2n) is 9.27. The second-order valence-corrected chi connectivity index (χ2v) is 11.2. The van der Waals surface area contributed by atoms with Crippen molar-refractivity contribution in [2.75, 3.05) is 17.1 Å². The molecule has 1 saturated carbocycles. The van der Waals surface area contributed by atoms with Gasteiger partial charge in [0.1, 0.15) is 18.4 Å². The van der Waals surface area contributed by atoms with Gasteiger partial charge in [0.05, 0.1) is 11.9 Å². The van der Waals surface area contributed by atoms with Crippen molar-refractivity contribution in [1.29, 1.82) is 0 Å². The van der Waals surface area contributed by atoms with Gasteiger partial charge >= 0.3 is 0 Å². The third-order valence-electron chi connectivity index (χ3n) is 6.39. The molecule has 1 aliphatic carbocycles. The van der Waals surface area contributed by atoms with Crippen molar-refractivity contribution in [3.63, 3.8) is 0 Å². The lowest BCUT2D eigenvalue weighted by atomic mass is 9.95. The van der Waals surface area contributed by atoms with Crippen LogP contribution < -0.4 is 9.62 Å². The van der Waals surface area contributed by atoms with Crippen molar-refractivity contribution in [2.24, 2.45) is 0 Å². The van der Waals surface area contributed by atoms with E-state index in [4.69, 9.17) is 0 Å². The molecule has 0 saturated heterocycles. The van der Waals surface area contributed by atoms with Crippen LogP contribution in [0.2, 0.25) is 0 Å². The fourth-order valence-electron chi connectivity index (χ4n) is 4.26. The van der Waals surface area contributed by atoms with E-state index in [-0.39, 0.29) is 24.2 Å². The van der Waals surface area contributed by atoms with Gasteiger partial charge in [-0.15, -0.1) is 0 Å². The Kier molecular flexibility index (Phi) is 8.88. The maximum absolute atomic E-state index is 13.5. The summed E-state index contributed by atoms with van der Waals surface area (Å²) in [5.74, 6) is -1.29. The first-order valence-electron chi connectivity index (χ1n) is 11.9. The molecule has 0 heterocycles. The van der Waals surface area contributed by atoms with Gasteiger partial charge in [-0.05, 0) is 56.5 Å². The van der Waals surface area contributed by atoms with Crippen LogP contribution in [0, 0.1) is 12.7 Å². The molecule has 1 atom stereocenters. The molecule has 2 amide bonds. The van der Waals surface area contributed by atoms with Gasteiger partial charge in [0.15, 0.2) is 0 Å². The Morgan fingerprint density at radius 2 is 1.63 bits per heavy atom. The Morgan fingerprint density at radius 1 is 1.03 bits per heavy atom. The van der Waals surface area contributed by atoms with E-state index in [9.17, 15) is 22.4 Å². The Morgan fingerprint density at radius 3 is 2.20 bits per heavy atom. The lowest BCUT2D eigenvalue weighted by Crippen LogP contribution is -2.52. The molecule has 35 heavy (non-hydrogen) atoms. The monoisotopic (exact) mass is 503 g/mol. The second kappa shape index (κ2) is 11.7. The quantitative estimate of drug-likeness (QED) is 0.565. The van der Waals surface area contributed by atoms with Crippen molar-refractivity contribution < 1.29 is 22.4 Å². The van der Waals surface area contributed by atoms with Gasteiger partial charge < -0.3 is 10.2 Å². The molecule has 0 aromatic heterocycles. The van der Waals surface area contributed by atoms with Crippen LogP contribution in [0.4, 0.5) is 10.1 Å². The summed E-state index contributed by atoms with van der Waals surface area (Å²) in [5.41, 5.74) is 2.07. The molecule has 1 aliphatic rings. The Hall–Kier alpha value is -2.94. The van der Waals surface area contributed by atoms with Crippen LogP contribution in [0.5, 0.6) is 0 Å². The van der Waals surface area contributed by atoms with Gasteiger partial charge in [0.2, 0.25) is 21.8 Å². The molecule has 1 unspecified atom stereocenters. The first-order valence-corrected chi connectivity index (χ1v) is 13.8. The van der Waals surface area contributed by atoms with Crippen LogP contribution >= 0.6 is 0 Å². The SMILES string of the molecule is Cc1ccc(CN(C(=O)CN(c2ccc(F)cc2)S(C)(=O)=O)C(C)C(=O)NC2CCCCC2)cc1. The average Bonchev–Trinajstić information content (AvgIpc) is 2.82. The van der Waals surface area contributed by atoms with E-state index in [1.165, 1.54) is 17.0 Å². The number of carbonyl (C=O) groups is 2. The van der Waals surface area contributed by atoms with Crippen LogP contribution in [0.1, 0.15) is 50.2 Å². The van der Waals surface area contributed by atoms with Crippen molar-refractivity contribution in [3.05, 3.63) is 65.5 Å². The molecule has 190 valence electrons. The van der Waals surface area contributed by atoms with E-state index in [2.05, 4.69) is 5.32 Å². The fraction of sp³-hybridized carbons (Fsp3) is 0.462. The summed E-state index contributed by atoms with van der Waals surface area (Å²) < 4.78 is 39.4. The van der Waals surface area contributed by atoms with Crippen molar-refractivity contribution in [3.8, 4) is 0 Å². The van der Waals surface area contributed by atoms with Crippen molar-refractivity contribution >= 4 is 27.5 Å². The number of halogens is 1. The van der Waals surface area contributed by atoms with Gasteiger partial charge in [-0.3, -0.25) is 13.9 Å². The summed E-state index contributed by atoms with van der Waals surface area (Å²) in [5, 5.41) is 3.06. The number of benzene rings is 2. The van der Waals surface area contributed by atoms with E-state index in [1.54, 1.807) is 6.92 Å². The first-order chi connectivity index (χ1) is 16.5. The third kappa shape index (κ3) is 7.52. The highest BCUT2D eigenvalue weighted by Gasteiger charge is 2.31. The lowest BCUT2D eigenvalue weighted by Gasteiger charge is -2.33. The number of carbonyl (C=O) groups excluding carboxylic acids is 2. The minimum absolute atomic E-state index is 0.0850. The highest BCUT2D eigenvalue weighted by Crippen LogP contribution is 2.21.